The molecule has 146 valence electrons. The molecule has 0 bridgehead atoms. The van der Waals surface area contributed by atoms with E-state index in [1.165, 1.54) is 4.80 Å². The molecule has 1 heterocycles. The number of rotatable bonds is 5. The second-order valence-corrected chi connectivity index (χ2v) is 6.04. The molecule has 2 rings (SSSR count). The first-order valence-corrected chi connectivity index (χ1v) is 7.86. The fourth-order valence-electron chi connectivity index (χ4n) is 1.99. The van der Waals surface area contributed by atoms with Crippen LogP contribution in [0.25, 0.3) is 0 Å². The van der Waals surface area contributed by atoms with E-state index in [4.69, 9.17) is 12.2 Å². The van der Waals surface area contributed by atoms with Crippen molar-refractivity contribution < 1.29 is 27.1 Å². The number of hydrogen-bond donors (Lipinski definition) is 2. The van der Waals surface area contributed by atoms with E-state index < -0.39 is 45.6 Å². The van der Waals surface area contributed by atoms with Crippen LogP contribution in [0.2, 0.25) is 0 Å². The molecule has 8 nitrogen and oxygen atoms in total. The summed E-state index contributed by atoms with van der Waals surface area (Å²) in [5, 5.41) is 15.0. The summed E-state index contributed by atoms with van der Waals surface area (Å²) in [7, 11) is 0.818. The zero-order chi connectivity index (χ0) is 20.3. The number of halogens is 4. The minimum absolute atomic E-state index is 0.0889. The molecule has 1 amide bonds. The van der Waals surface area contributed by atoms with E-state index in [9.17, 15) is 22.4 Å². The first-order chi connectivity index (χ1) is 12.6. The molecule has 0 aliphatic rings. The predicted octanol–water partition coefficient (Wildman–Crippen LogP) is 2.02. The first kappa shape index (κ1) is 20.5. The van der Waals surface area contributed by atoms with Crippen LogP contribution in [0, 0.1) is 29.2 Å². The Balaban J connectivity index is 2.15. The molecule has 2 aromatic rings. The minimum atomic E-state index is -1.92. The van der Waals surface area contributed by atoms with Gasteiger partial charge in [-0.25, -0.2) is 8.78 Å². The number of amides is 1. The Morgan fingerprint density at radius 3 is 2.30 bits per heavy atom. The number of carbonyl (C=O) groups excluding carboxylic acids is 1. The average Bonchev–Trinajstić information content (AvgIpc) is 2.99. The fourth-order valence-corrected chi connectivity index (χ4v) is 2.17. The molecule has 2 N–H and O–H groups in total. The number of aromatic nitrogens is 4. The van der Waals surface area contributed by atoms with E-state index >= 15 is 0 Å². The van der Waals surface area contributed by atoms with E-state index in [1.54, 1.807) is 0 Å². The van der Waals surface area contributed by atoms with Crippen LogP contribution < -0.4 is 15.4 Å². The Morgan fingerprint density at radius 2 is 1.78 bits per heavy atom. The largest absolute Gasteiger partial charge is 0.491 e. The number of nitrogens with one attached hydrogen (secondary N) is 2. The lowest BCUT2D eigenvalue weighted by Crippen LogP contribution is -2.36. The molecule has 27 heavy (non-hydrogen) atoms. The van der Waals surface area contributed by atoms with Crippen molar-refractivity contribution in [3.05, 3.63) is 28.8 Å². The smallest absolute Gasteiger partial charge is 0.269 e. The molecule has 0 aliphatic heterocycles. The average molecular weight is 406 g/mol. The highest BCUT2D eigenvalue weighted by Gasteiger charge is 2.30. The number of methoxy groups -OCH3 is 1. The second kappa shape index (κ2) is 8.24. The number of carbonyl (C=O) groups is 1. The normalized spacial score (nSPS) is 10.8. The highest BCUT2D eigenvalue weighted by atomic mass is 32.1. The van der Waals surface area contributed by atoms with E-state index in [2.05, 4.69) is 25.5 Å². The van der Waals surface area contributed by atoms with Crippen molar-refractivity contribution in [2.45, 2.75) is 20.4 Å². The molecule has 0 radical (unpaired) electrons. The van der Waals surface area contributed by atoms with Gasteiger partial charge in [0.15, 0.2) is 22.5 Å². The molecule has 1 aromatic heterocycles. The lowest BCUT2D eigenvalue weighted by Gasteiger charge is -2.11. The Morgan fingerprint density at radius 1 is 1.19 bits per heavy atom. The molecule has 0 aliphatic carbocycles. The third kappa shape index (κ3) is 4.48. The van der Waals surface area contributed by atoms with E-state index in [1.807, 2.05) is 19.2 Å². The second-order valence-electron chi connectivity index (χ2n) is 5.63. The Hall–Kier alpha value is -2.83. The molecule has 0 saturated heterocycles. The van der Waals surface area contributed by atoms with Crippen LogP contribution in [-0.4, -0.2) is 38.3 Å². The van der Waals surface area contributed by atoms with Crippen molar-refractivity contribution in [2.24, 2.45) is 5.92 Å². The van der Waals surface area contributed by atoms with Gasteiger partial charge in [-0.3, -0.25) is 15.4 Å². The number of anilines is 1. The number of tetrazole rings is 1. The summed E-state index contributed by atoms with van der Waals surface area (Å²) >= 11 is 4.79. The lowest BCUT2D eigenvalue weighted by atomic mass is 10.1. The third-order valence-corrected chi connectivity index (χ3v) is 3.29. The van der Waals surface area contributed by atoms with Crippen LogP contribution in [0.5, 0.6) is 5.75 Å². The zero-order valence-electron chi connectivity index (χ0n) is 14.3. The number of benzene rings is 1. The lowest BCUT2D eigenvalue weighted by molar-refractivity contribution is 0.0966. The van der Waals surface area contributed by atoms with Crippen LogP contribution in [0.1, 0.15) is 24.2 Å². The van der Waals surface area contributed by atoms with Gasteiger partial charge in [0, 0.05) is 0 Å². The first-order valence-electron chi connectivity index (χ1n) is 7.45. The standard InChI is InChI=1S/C14H14F4N6O2S/c1-5(2)4-24-22-13(21-23-24)20-14(27)19-12(25)6-7(15)9(17)11(26-3)10(18)8(6)16/h5H,4H2,1-3H3,(H2,19,20,22,25,27). The molecule has 0 fully saturated rings. The molecule has 0 unspecified atom stereocenters. The number of nitrogens with zero attached hydrogens (tertiary/aromatic N) is 4. The van der Waals surface area contributed by atoms with Crippen molar-refractivity contribution in [2.75, 3.05) is 12.4 Å². The van der Waals surface area contributed by atoms with Gasteiger partial charge in [-0.05, 0) is 23.3 Å². The summed E-state index contributed by atoms with van der Waals surface area (Å²) in [6, 6.07) is 0. The van der Waals surface area contributed by atoms with Gasteiger partial charge in [0.05, 0.1) is 13.7 Å². The Bertz CT molecular complexity index is 860. The summed E-state index contributed by atoms with van der Waals surface area (Å²) in [6.45, 7) is 4.32. The zero-order valence-corrected chi connectivity index (χ0v) is 15.1. The molecule has 0 spiro atoms. The van der Waals surface area contributed by atoms with Crippen LogP contribution >= 0.6 is 12.2 Å². The maximum absolute atomic E-state index is 13.9. The van der Waals surface area contributed by atoms with Crippen molar-refractivity contribution >= 4 is 29.2 Å². The summed E-state index contributed by atoms with van der Waals surface area (Å²) in [4.78, 5) is 13.3. The van der Waals surface area contributed by atoms with E-state index in [0.29, 0.717) is 6.54 Å². The molecule has 13 heteroatoms. The Labute approximate surface area is 155 Å². The SMILES string of the molecule is COc1c(F)c(F)c(C(=O)NC(=S)Nc2nnn(CC(C)C)n2)c(F)c1F. The van der Waals surface area contributed by atoms with Crippen LogP contribution in [0.4, 0.5) is 23.5 Å². The van der Waals surface area contributed by atoms with Gasteiger partial charge in [0.2, 0.25) is 11.6 Å². The number of thiocarbonyl (C=S) groups is 1. The van der Waals surface area contributed by atoms with Gasteiger partial charge in [-0.1, -0.05) is 18.9 Å². The number of ether oxygens (including phenoxy) is 1. The van der Waals surface area contributed by atoms with E-state index in [-0.39, 0.29) is 11.9 Å². The van der Waals surface area contributed by atoms with Crippen LogP contribution in [-0.2, 0) is 6.54 Å². The van der Waals surface area contributed by atoms with Crippen LogP contribution in [0.15, 0.2) is 0 Å². The van der Waals surface area contributed by atoms with Gasteiger partial charge in [-0.15, -0.1) is 5.10 Å². The minimum Gasteiger partial charge on any atom is -0.491 e. The number of hydrogen-bond acceptors (Lipinski definition) is 6. The molecule has 1 aromatic carbocycles. The highest BCUT2D eigenvalue weighted by Crippen LogP contribution is 2.29. The van der Waals surface area contributed by atoms with E-state index in [0.717, 1.165) is 7.11 Å². The molecule has 0 atom stereocenters. The molecular formula is C14H14F4N6O2S. The highest BCUT2D eigenvalue weighted by molar-refractivity contribution is 7.80. The van der Waals surface area contributed by atoms with Crippen molar-refractivity contribution in [1.29, 1.82) is 0 Å². The van der Waals surface area contributed by atoms with Crippen molar-refractivity contribution in [1.82, 2.24) is 25.5 Å². The van der Waals surface area contributed by atoms with Gasteiger partial charge in [0.25, 0.3) is 11.9 Å². The summed E-state index contributed by atoms with van der Waals surface area (Å²) in [5.41, 5.74) is -1.49. The van der Waals surface area contributed by atoms with Gasteiger partial charge < -0.3 is 4.74 Å². The summed E-state index contributed by atoms with van der Waals surface area (Å²) in [5.74, 6) is -10.2. The van der Waals surface area contributed by atoms with Gasteiger partial charge in [0.1, 0.15) is 5.56 Å². The van der Waals surface area contributed by atoms with Gasteiger partial charge in [-0.2, -0.15) is 13.6 Å². The van der Waals surface area contributed by atoms with Gasteiger partial charge >= 0.3 is 0 Å². The van der Waals surface area contributed by atoms with Crippen molar-refractivity contribution in [3.8, 4) is 5.75 Å². The monoisotopic (exact) mass is 406 g/mol. The molecule has 0 saturated carbocycles. The Kier molecular flexibility index (Phi) is 6.25. The van der Waals surface area contributed by atoms with Crippen LogP contribution in [0.3, 0.4) is 0 Å². The predicted molar refractivity (Wildman–Crippen MR) is 89.2 cm³/mol. The topological polar surface area (TPSA) is 94.0 Å². The van der Waals surface area contributed by atoms with Crippen molar-refractivity contribution in [3.63, 3.8) is 0 Å². The summed E-state index contributed by atoms with van der Waals surface area (Å²) in [6.07, 6.45) is 0. The fraction of sp³-hybridized carbons (Fsp3) is 0.357. The maximum atomic E-state index is 13.9. The quantitative estimate of drug-likeness (QED) is 0.446. The third-order valence-electron chi connectivity index (χ3n) is 3.09. The summed E-state index contributed by atoms with van der Waals surface area (Å²) < 4.78 is 59.5. The maximum Gasteiger partial charge on any atom is 0.269 e. The molecular weight excluding hydrogens is 392 g/mol.